The fourth-order valence-electron chi connectivity index (χ4n) is 2.10. The number of hydrogen-bond donors (Lipinski definition) is 0. The molecule has 3 rings (SSSR count). The van der Waals surface area contributed by atoms with Crippen molar-refractivity contribution < 1.29 is 9.23 Å². The molecule has 1 unspecified atom stereocenters. The lowest BCUT2D eigenvalue weighted by Crippen LogP contribution is -2.06. The molecule has 1 aliphatic heterocycles. The van der Waals surface area contributed by atoms with Crippen molar-refractivity contribution in [2.45, 2.75) is 13.0 Å². The molecule has 0 aliphatic carbocycles. The lowest BCUT2D eigenvalue weighted by molar-refractivity contribution is 0.0696. The smallest absolute Gasteiger partial charge is 0.150 e. The molecule has 0 saturated heterocycles. The van der Waals surface area contributed by atoms with Gasteiger partial charge in [0.2, 0.25) is 0 Å². The van der Waals surface area contributed by atoms with Gasteiger partial charge < -0.3 is 4.84 Å². The summed E-state index contributed by atoms with van der Waals surface area (Å²) in [4.78, 5) is 5.22. The van der Waals surface area contributed by atoms with Gasteiger partial charge in [0, 0.05) is 11.1 Å². The van der Waals surface area contributed by atoms with E-state index >= 15 is 0 Å². The van der Waals surface area contributed by atoms with Gasteiger partial charge in [0.05, 0.1) is 6.21 Å². The van der Waals surface area contributed by atoms with Crippen LogP contribution in [0.4, 0.5) is 4.39 Å². The van der Waals surface area contributed by atoms with Gasteiger partial charge in [-0.05, 0) is 36.2 Å². The van der Waals surface area contributed by atoms with Gasteiger partial charge in [0.25, 0.3) is 0 Å². The third kappa shape index (κ3) is 1.88. The van der Waals surface area contributed by atoms with Gasteiger partial charge in [-0.3, -0.25) is 0 Å². The second-order valence-corrected chi connectivity index (χ2v) is 4.33. The Morgan fingerprint density at radius 2 is 1.78 bits per heavy atom. The van der Waals surface area contributed by atoms with Crippen LogP contribution in [-0.4, -0.2) is 6.21 Å². The number of benzene rings is 2. The van der Waals surface area contributed by atoms with Gasteiger partial charge in [0.1, 0.15) is 11.9 Å². The highest BCUT2D eigenvalue weighted by molar-refractivity contribution is 5.84. The summed E-state index contributed by atoms with van der Waals surface area (Å²) in [6, 6.07) is 12.6. The normalized spacial score (nSPS) is 17.1. The third-order valence-electron chi connectivity index (χ3n) is 3.11. The summed E-state index contributed by atoms with van der Waals surface area (Å²) >= 11 is 0. The number of hydrogen-bond acceptors (Lipinski definition) is 2. The van der Waals surface area contributed by atoms with Crippen molar-refractivity contribution in [1.29, 1.82) is 0 Å². The molecule has 0 aromatic heterocycles. The number of oxime groups is 1. The Balaban J connectivity index is 2.06. The van der Waals surface area contributed by atoms with E-state index in [1.165, 1.54) is 12.1 Å². The summed E-state index contributed by atoms with van der Waals surface area (Å²) in [7, 11) is 0. The van der Waals surface area contributed by atoms with Gasteiger partial charge in [-0.15, -0.1) is 0 Å². The van der Waals surface area contributed by atoms with E-state index < -0.39 is 0 Å². The first kappa shape index (κ1) is 11.0. The Hall–Kier alpha value is -2.16. The number of halogens is 1. The Bertz CT molecular complexity index is 604. The van der Waals surface area contributed by atoms with Crippen LogP contribution < -0.4 is 0 Å². The first-order valence-electron chi connectivity index (χ1n) is 5.83. The zero-order valence-corrected chi connectivity index (χ0v) is 9.93. The highest BCUT2D eigenvalue weighted by atomic mass is 19.1. The fraction of sp³-hybridized carbons (Fsp3) is 0.133. The van der Waals surface area contributed by atoms with E-state index in [9.17, 15) is 4.39 Å². The van der Waals surface area contributed by atoms with Crippen LogP contribution in [0.15, 0.2) is 47.6 Å². The summed E-state index contributed by atoms with van der Waals surface area (Å²) < 4.78 is 12.9. The lowest BCUT2D eigenvalue weighted by Gasteiger charge is -2.18. The van der Waals surface area contributed by atoms with E-state index in [1.54, 1.807) is 18.3 Å². The maximum absolute atomic E-state index is 12.9. The van der Waals surface area contributed by atoms with Crippen LogP contribution >= 0.6 is 0 Å². The molecule has 0 radical (unpaired) electrons. The zero-order valence-electron chi connectivity index (χ0n) is 9.93. The molecule has 3 heteroatoms. The first-order valence-corrected chi connectivity index (χ1v) is 5.83. The van der Waals surface area contributed by atoms with Crippen LogP contribution in [0.3, 0.4) is 0 Å². The Kier molecular flexibility index (Phi) is 2.59. The molecule has 18 heavy (non-hydrogen) atoms. The Labute approximate surface area is 105 Å². The second-order valence-electron chi connectivity index (χ2n) is 4.33. The van der Waals surface area contributed by atoms with Crippen molar-refractivity contribution in [3.63, 3.8) is 0 Å². The molecule has 1 aliphatic rings. The first-order chi connectivity index (χ1) is 8.74. The fourth-order valence-corrected chi connectivity index (χ4v) is 2.10. The monoisotopic (exact) mass is 241 g/mol. The van der Waals surface area contributed by atoms with Crippen molar-refractivity contribution in [1.82, 2.24) is 0 Å². The number of rotatable bonds is 1. The minimum atomic E-state index is -0.222. The summed E-state index contributed by atoms with van der Waals surface area (Å²) in [6.07, 6.45) is 1.66. The van der Waals surface area contributed by atoms with E-state index in [0.29, 0.717) is 0 Å². The Morgan fingerprint density at radius 3 is 2.56 bits per heavy atom. The molecule has 0 saturated carbocycles. The molecule has 1 atom stereocenters. The molecule has 0 N–H and O–H groups in total. The van der Waals surface area contributed by atoms with Gasteiger partial charge in [-0.1, -0.05) is 29.4 Å². The van der Waals surface area contributed by atoms with Crippen LogP contribution in [0, 0.1) is 5.82 Å². The van der Waals surface area contributed by atoms with E-state index in [-0.39, 0.29) is 11.9 Å². The predicted octanol–water partition coefficient (Wildman–Crippen LogP) is 3.92. The third-order valence-corrected chi connectivity index (χ3v) is 3.11. The van der Waals surface area contributed by atoms with Crippen LogP contribution in [0.5, 0.6) is 0 Å². The number of fused-ring (bicyclic) bond motifs is 1. The van der Waals surface area contributed by atoms with Crippen molar-refractivity contribution in [2.24, 2.45) is 5.16 Å². The van der Waals surface area contributed by atoms with E-state index in [4.69, 9.17) is 4.84 Å². The minimum Gasteiger partial charge on any atom is -0.388 e. The standard InChI is InChI=1S/C15H12FNO/c1-10-15-8-12(2-3-13(15)9-17-18-10)11-4-6-14(16)7-5-11/h2-10H,1H3. The molecule has 2 aromatic carbocycles. The molecular formula is C15H12FNO. The maximum atomic E-state index is 12.9. The maximum Gasteiger partial charge on any atom is 0.150 e. The largest absolute Gasteiger partial charge is 0.388 e. The van der Waals surface area contributed by atoms with Crippen molar-refractivity contribution in [2.75, 3.05) is 0 Å². The summed E-state index contributed by atoms with van der Waals surface area (Å²) in [5.74, 6) is -0.222. The SMILES string of the molecule is CC1ON=Cc2ccc(-c3ccc(F)cc3)cc21. The van der Waals surface area contributed by atoms with Crippen molar-refractivity contribution in [3.05, 3.63) is 59.4 Å². The average molecular weight is 241 g/mol. The van der Waals surface area contributed by atoms with Crippen LogP contribution in [0.25, 0.3) is 11.1 Å². The van der Waals surface area contributed by atoms with Gasteiger partial charge in [-0.25, -0.2) is 4.39 Å². The zero-order chi connectivity index (χ0) is 12.5. The van der Waals surface area contributed by atoms with Gasteiger partial charge in [0.15, 0.2) is 0 Å². The highest BCUT2D eigenvalue weighted by Crippen LogP contribution is 2.29. The number of nitrogens with zero attached hydrogens (tertiary/aromatic N) is 1. The molecule has 90 valence electrons. The second kappa shape index (κ2) is 4.26. The summed E-state index contributed by atoms with van der Waals surface area (Å²) in [5, 5.41) is 3.84. The van der Waals surface area contributed by atoms with Crippen LogP contribution in [0.1, 0.15) is 24.2 Å². The molecule has 2 aromatic rings. The summed E-state index contributed by atoms with van der Waals surface area (Å²) in [5.41, 5.74) is 4.22. The van der Waals surface area contributed by atoms with Crippen molar-refractivity contribution in [3.8, 4) is 11.1 Å². The van der Waals surface area contributed by atoms with Crippen molar-refractivity contribution >= 4 is 6.21 Å². The molecule has 2 nitrogen and oxygen atoms in total. The summed E-state index contributed by atoms with van der Waals surface area (Å²) in [6.45, 7) is 1.96. The quantitative estimate of drug-likeness (QED) is 0.741. The van der Waals surface area contributed by atoms with Crippen LogP contribution in [-0.2, 0) is 4.84 Å². The van der Waals surface area contributed by atoms with E-state index in [1.807, 2.05) is 19.1 Å². The topological polar surface area (TPSA) is 21.6 Å². The van der Waals surface area contributed by atoms with Gasteiger partial charge in [-0.2, -0.15) is 0 Å². The van der Waals surface area contributed by atoms with Crippen LogP contribution in [0.2, 0.25) is 0 Å². The van der Waals surface area contributed by atoms with Gasteiger partial charge >= 0.3 is 0 Å². The average Bonchev–Trinajstić information content (AvgIpc) is 2.40. The molecule has 0 amide bonds. The molecule has 0 fully saturated rings. The predicted molar refractivity (Wildman–Crippen MR) is 68.9 cm³/mol. The van der Waals surface area contributed by atoms with E-state index in [0.717, 1.165) is 22.3 Å². The van der Waals surface area contributed by atoms with E-state index in [2.05, 4.69) is 11.2 Å². The lowest BCUT2D eigenvalue weighted by atomic mass is 9.96. The molecule has 0 bridgehead atoms. The molecular weight excluding hydrogens is 229 g/mol. The highest BCUT2D eigenvalue weighted by Gasteiger charge is 2.15. The minimum absolute atomic E-state index is 0.0506. The Morgan fingerprint density at radius 1 is 1.06 bits per heavy atom. The molecule has 0 spiro atoms. The molecule has 1 heterocycles.